The van der Waals surface area contributed by atoms with Gasteiger partial charge in [0.2, 0.25) is 11.9 Å². The number of benzene rings is 1. The summed E-state index contributed by atoms with van der Waals surface area (Å²) in [5.41, 5.74) is 6.38. The third-order valence-electron chi connectivity index (χ3n) is 7.17. The van der Waals surface area contributed by atoms with Crippen molar-refractivity contribution in [2.75, 3.05) is 23.0 Å². The lowest BCUT2D eigenvalue weighted by Crippen LogP contribution is -2.33. The highest BCUT2D eigenvalue weighted by molar-refractivity contribution is 5.95. The number of nitrogens with one attached hydrogen (secondary N) is 4. The molecule has 1 aliphatic rings. The van der Waals surface area contributed by atoms with Crippen LogP contribution in [0.5, 0.6) is 0 Å². The maximum absolute atomic E-state index is 12.7. The van der Waals surface area contributed by atoms with Crippen molar-refractivity contribution in [1.29, 1.82) is 0 Å². The van der Waals surface area contributed by atoms with E-state index in [9.17, 15) is 29.4 Å². The lowest BCUT2D eigenvalue weighted by Gasteiger charge is -2.16. The number of nitrogens with two attached hydrogens (primary N) is 1. The minimum atomic E-state index is -1.13. The molecule has 1 saturated heterocycles. The number of hydrogen-bond donors (Lipinski definition) is 7. The Balaban J connectivity index is 1.07. The topological polar surface area (TPSA) is 252 Å². The number of aromatic amines is 1. The molecule has 5 rings (SSSR count). The molecule has 1 unspecified atom stereocenters. The fourth-order valence-electron chi connectivity index (χ4n) is 4.68. The molecule has 4 atom stereocenters. The lowest BCUT2D eigenvalue weighted by atomic mass is 10.1. The number of aliphatic hydroxyl groups is 2. The van der Waals surface area contributed by atoms with Gasteiger partial charge < -0.3 is 36.6 Å². The summed E-state index contributed by atoms with van der Waals surface area (Å²) in [7, 11) is 0. The molecule has 0 spiro atoms. The van der Waals surface area contributed by atoms with E-state index in [1.54, 1.807) is 31.2 Å². The smallest absolute Gasteiger partial charge is 0.351 e. The van der Waals surface area contributed by atoms with Crippen molar-refractivity contribution in [2.45, 2.75) is 50.8 Å². The molecule has 1 aliphatic heterocycles. The first-order valence-electron chi connectivity index (χ1n) is 14.2. The summed E-state index contributed by atoms with van der Waals surface area (Å²) in [4.78, 5) is 68.4. The zero-order valence-electron chi connectivity index (χ0n) is 24.6. The number of H-pyrrole nitrogens is 1. The quantitative estimate of drug-likeness (QED) is 0.106. The van der Waals surface area contributed by atoms with Crippen LogP contribution in [0.25, 0.3) is 11.2 Å². The molecule has 3 aromatic heterocycles. The zero-order chi connectivity index (χ0) is 33.0. The summed E-state index contributed by atoms with van der Waals surface area (Å²) in [6.07, 6.45) is 0.188. The Morgan fingerprint density at radius 1 is 1.17 bits per heavy atom. The summed E-state index contributed by atoms with van der Waals surface area (Å²) in [6, 6.07) is 7.80. The van der Waals surface area contributed by atoms with Crippen LogP contribution in [0.1, 0.15) is 42.0 Å². The van der Waals surface area contributed by atoms with Gasteiger partial charge in [-0.2, -0.15) is 9.97 Å². The summed E-state index contributed by atoms with van der Waals surface area (Å²) in [6.45, 7) is 5.32. The Kier molecular flexibility index (Phi) is 9.45. The Hall–Kier alpha value is -5.52. The highest BCUT2D eigenvalue weighted by Gasteiger charge is 2.38. The van der Waals surface area contributed by atoms with Crippen LogP contribution in [0, 0.1) is 0 Å². The first-order valence-corrected chi connectivity index (χ1v) is 14.2. The average Bonchev–Trinajstić information content (AvgIpc) is 3.32. The number of hydrogen-bond acceptors (Lipinski definition) is 13. The number of aromatic nitrogens is 6. The number of aliphatic hydroxyl groups excluding tert-OH is 2. The van der Waals surface area contributed by atoms with Crippen molar-refractivity contribution >= 4 is 40.4 Å². The minimum absolute atomic E-state index is 0.0306. The Morgan fingerprint density at radius 2 is 1.93 bits per heavy atom. The van der Waals surface area contributed by atoms with Gasteiger partial charge in [-0.3, -0.25) is 23.9 Å². The van der Waals surface area contributed by atoms with Crippen LogP contribution in [0.2, 0.25) is 0 Å². The Labute approximate surface area is 260 Å². The van der Waals surface area contributed by atoms with E-state index in [0.717, 1.165) is 4.57 Å². The largest absolute Gasteiger partial charge is 0.394 e. The number of amides is 2. The van der Waals surface area contributed by atoms with Crippen molar-refractivity contribution in [1.82, 2.24) is 34.8 Å². The van der Waals surface area contributed by atoms with E-state index >= 15 is 0 Å². The molecule has 4 heterocycles. The molecule has 240 valence electrons. The normalized spacial score (nSPS) is 18.3. The third-order valence-corrected chi connectivity index (χ3v) is 7.17. The fraction of sp³-hybridized carbons (Fsp3) is 0.310. The standard InChI is InChI=1S/C29H32N10O7/c1-14(3-8-21(41)35-20-9-10-39(29(45)36-20)27-15(2)23(42)19(13-40)46-27)33-25(43)16-4-6-17(7-5-16)31-11-18-12-32-24-22(34-18)26(44)38-28(30)37-24/h4-7,9-10,12,14,19,23,27,31,40,42H,2-3,8,11,13H2,1H3,(H,33,43)(H,35,36,41,45)(H3,30,32,37,38,44)/t14-,19-,23?,27-/m1/s1. The minimum Gasteiger partial charge on any atom is -0.394 e. The van der Waals surface area contributed by atoms with Gasteiger partial charge in [-0.25, -0.2) is 14.8 Å². The highest BCUT2D eigenvalue weighted by Crippen LogP contribution is 2.31. The van der Waals surface area contributed by atoms with Crippen molar-refractivity contribution < 1.29 is 24.5 Å². The van der Waals surface area contributed by atoms with Gasteiger partial charge in [-0.15, -0.1) is 0 Å². The van der Waals surface area contributed by atoms with Crippen molar-refractivity contribution in [3.63, 3.8) is 0 Å². The van der Waals surface area contributed by atoms with Crippen LogP contribution in [0.4, 0.5) is 17.5 Å². The molecular weight excluding hydrogens is 600 g/mol. The van der Waals surface area contributed by atoms with Crippen LogP contribution in [-0.4, -0.2) is 76.4 Å². The first-order chi connectivity index (χ1) is 22.0. The summed E-state index contributed by atoms with van der Waals surface area (Å²) < 4.78 is 6.59. The Bertz CT molecular complexity index is 1890. The zero-order valence-corrected chi connectivity index (χ0v) is 24.6. The van der Waals surface area contributed by atoms with Gasteiger partial charge in [0, 0.05) is 35.5 Å². The molecule has 46 heavy (non-hydrogen) atoms. The molecule has 0 saturated carbocycles. The van der Waals surface area contributed by atoms with Crippen LogP contribution in [0.15, 0.2) is 64.5 Å². The predicted molar refractivity (Wildman–Crippen MR) is 166 cm³/mol. The van der Waals surface area contributed by atoms with Gasteiger partial charge in [0.05, 0.1) is 25.0 Å². The molecule has 17 nitrogen and oxygen atoms in total. The molecular formula is C29H32N10O7. The second-order valence-electron chi connectivity index (χ2n) is 10.6. The number of anilines is 3. The molecule has 1 fully saturated rings. The monoisotopic (exact) mass is 632 g/mol. The van der Waals surface area contributed by atoms with Crippen molar-refractivity contribution in [2.24, 2.45) is 0 Å². The summed E-state index contributed by atoms with van der Waals surface area (Å²) >= 11 is 0. The van der Waals surface area contributed by atoms with Crippen LogP contribution in [-0.2, 0) is 16.1 Å². The van der Waals surface area contributed by atoms with Crippen LogP contribution < -0.4 is 32.9 Å². The Morgan fingerprint density at radius 3 is 2.63 bits per heavy atom. The maximum atomic E-state index is 12.7. The van der Waals surface area contributed by atoms with Gasteiger partial charge in [0.1, 0.15) is 18.0 Å². The highest BCUT2D eigenvalue weighted by atomic mass is 16.5. The van der Waals surface area contributed by atoms with Crippen molar-refractivity contribution in [3.8, 4) is 0 Å². The number of nitrogen functional groups attached to an aromatic ring is 1. The molecule has 0 bridgehead atoms. The van der Waals surface area contributed by atoms with Gasteiger partial charge in [-0.05, 0) is 43.7 Å². The fourth-order valence-corrected chi connectivity index (χ4v) is 4.68. The van der Waals surface area contributed by atoms with E-state index in [1.807, 2.05) is 0 Å². The number of fused-ring (bicyclic) bond motifs is 1. The molecule has 8 N–H and O–H groups in total. The molecule has 4 aromatic rings. The molecule has 0 radical (unpaired) electrons. The molecule has 0 aliphatic carbocycles. The van der Waals surface area contributed by atoms with Crippen LogP contribution in [0.3, 0.4) is 0 Å². The van der Waals surface area contributed by atoms with E-state index in [0.29, 0.717) is 23.4 Å². The average molecular weight is 633 g/mol. The number of carbonyl (C=O) groups excluding carboxylic acids is 2. The third kappa shape index (κ3) is 7.23. The van der Waals surface area contributed by atoms with Crippen molar-refractivity contribution in [3.05, 3.63) is 87.0 Å². The maximum Gasteiger partial charge on any atom is 0.351 e. The number of rotatable bonds is 11. The number of ether oxygens (including phenoxy) is 1. The van der Waals surface area contributed by atoms with E-state index in [-0.39, 0.29) is 53.4 Å². The van der Waals surface area contributed by atoms with E-state index < -0.39 is 42.2 Å². The number of carbonyl (C=O) groups is 2. The molecule has 17 heteroatoms. The predicted octanol–water partition coefficient (Wildman–Crippen LogP) is -0.192. The van der Waals surface area contributed by atoms with Gasteiger partial charge >= 0.3 is 5.69 Å². The number of nitrogens with zero attached hydrogens (tertiary/aromatic N) is 5. The van der Waals surface area contributed by atoms with Gasteiger partial charge in [-0.1, -0.05) is 6.58 Å². The lowest BCUT2D eigenvalue weighted by molar-refractivity contribution is -0.116. The molecule has 2 amide bonds. The van der Waals surface area contributed by atoms with E-state index in [1.165, 1.54) is 18.5 Å². The van der Waals surface area contributed by atoms with Gasteiger partial charge in [0.25, 0.3) is 11.5 Å². The second kappa shape index (κ2) is 13.6. The van der Waals surface area contributed by atoms with Crippen LogP contribution >= 0.6 is 0 Å². The van der Waals surface area contributed by atoms with Gasteiger partial charge in [0.15, 0.2) is 17.4 Å². The second-order valence-corrected chi connectivity index (χ2v) is 10.6. The molecule has 1 aromatic carbocycles. The van der Waals surface area contributed by atoms with E-state index in [2.05, 4.69) is 47.4 Å². The summed E-state index contributed by atoms with van der Waals surface area (Å²) in [5, 5.41) is 27.9. The first kappa shape index (κ1) is 31.9. The van der Waals surface area contributed by atoms with E-state index in [4.69, 9.17) is 10.5 Å². The summed E-state index contributed by atoms with van der Waals surface area (Å²) in [5.74, 6) is -0.732. The SMILES string of the molecule is C=C1C(O)[C@@H](CO)O[C@H]1n1ccc(NC(=O)CC[C@@H](C)NC(=O)c2ccc(NCc3cnc4nc(N)[nH]c(=O)c4n3)cc2)nc1=O.